The van der Waals surface area contributed by atoms with E-state index in [4.69, 9.17) is 26.8 Å². The van der Waals surface area contributed by atoms with Gasteiger partial charge < -0.3 is 19.8 Å². The minimum Gasteiger partial charge on any atom is -0.440 e. The number of rotatable bonds is 4. The van der Waals surface area contributed by atoms with Gasteiger partial charge in [0.05, 0.1) is 24.7 Å². The molecule has 2 aliphatic heterocycles. The van der Waals surface area contributed by atoms with Crippen molar-refractivity contribution < 1.29 is 9.47 Å². The van der Waals surface area contributed by atoms with Gasteiger partial charge in [0.1, 0.15) is 17.4 Å². The van der Waals surface area contributed by atoms with E-state index in [1.165, 1.54) is 0 Å². The van der Waals surface area contributed by atoms with Crippen molar-refractivity contribution in [2.24, 2.45) is 5.73 Å². The monoisotopic (exact) mass is 426 g/mol. The molecule has 30 heavy (non-hydrogen) atoms. The van der Waals surface area contributed by atoms with Crippen LogP contribution < -0.4 is 16.0 Å². The largest absolute Gasteiger partial charge is 0.440 e. The average Bonchev–Trinajstić information content (AvgIpc) is 2.74. The van der Waals surface area contributed by atoms with E-state index < -0.39 is 5.92 Å². The molecule has 0 amide bonds. The first-order valence-electron chi connectivity index (χ1n) is 9.87. The van der Waals surface area contributed by atoms with E-state index in [9.17, 15) is 10.1 Å². The number of aromatic nitrogens is 1. The first-order chi connectivity index (χ1) is 14.5. The van der Waals surface area contributed by atoms with Gasteiger partial charge in [-0.05, 0) is 18.6 Å². The van der Waals surface area contributed by atoms with Gasteiger partial charge in [0.25, 0.3) is 5.56 Å². The third-order valence-corrected chi connectivity index (χ3v) is 5.99. The van der Waals surface area contributed by atoms with Crippen LogP contribution >= 0.6 is 11.6 Å². The molecular formula is C22H23ClN4O3. The summed E-state index contributed by atoms with van der Waals surface area (Å²) in [5.41, 5.74) is 7.86. The predicted octanol–water partition coefficient (Wildman–Crippen LogP) is 2.36. The van der Waals surface area contributed by atoms with Crippen LogP contribution in [0.15, 0.2) is 46.6 Å². The van der Waals surface area contributed by atoms with E-state index in [0.717, 1.165) is 25.3 Å². The molecule has 4 rings (SSSR count). The highest BCUT2D eigenvalue weighted by Gasteiger charge is 2.35. The Morgan fingerprint density at radius 1 is 1.27 bits per heavy atom. The number of benzene rings is 1. The van der Waals surface area contributed by atoms with Crippen molar-refractivity contribution in [2.45, 2.75) is 19.4 Å². The van der Waals surface area contributed by atoms with Crippen LogP contribution in [0.5, 0.6) is 5.75 Å². The fraction of sp³-hybridized carbons (Fsp3) is 0.364. The summed E-state index contributed by atoms with van der Waals surface area (Å²) in [5, 5.41) is 10.2. The number of hydrogen-bond donors (Lipinski definition) is 1. The Labute approximate surface area is 179 Å². The van der Waals surface area contributed by atoms with Gasteiger partial charge in [-0.1, -0.05) is 29.8 Å². The molecular weight excluding hydrogens is 404 g/mol. The standard InChI is InChI=1S/C22H23ClN4O3/c1-14-12-18-20(22(28)27(14)7-6-26-8-10-29-11-9-26)19(16(13-24)21(25)30-18)15-4-2-3-5-17(15)23/h2-5,12,19H,6-11,25H2,1H3. The molecule has 1 aromatic heterocycles. The fourth-order valence-electron chi connectivity index (χ4n) is 4.05. The quantitative estimate of drug-likeness (QED) is 0.806. The van der Waals surface area contributed by atoms with Crippen molar-refractivity contribution in [2.75, 3.05) is 32.8 Å². The molecule has 1 atom stereocenters. The molecule has 0 radical (unpaired) electrons. The molecule has 0 bridgehead atoms. The molecule has 2 N–H and O–H groups in total. The number of nitriles is 1. The van der Waals surface area contributed by atoms with Gasteiger partial charge in [0, 0.05) is 43.0 Å². The van der Waals surface area contributed by atoms with Crippen molar-refractivity contribution in [3.05, 3.63) is 74.0 Å². The molecule has 8 heteroatoms. The predicted molar refractivity (Wildman–Crippen MR) is 113 cm³/mol. The summed E-state index contributed by atoms with van der Waals surface area (Å²) in [5.74, 6) is -0.295. The van der Waals surface area contributed by atoms with Crippen LogP contribution in [-0.2, 0) is 11.3 Å². The van der Waals surface area contributed by atoms with Crippen molar-refractivity contribution in [3.63, 3.8) is 0 Å². The van der Waals surface area contributed by atoms with Gasteiger partial charge >= 0.3 is 0 Å². The number of aryl methyl sites for hydroxylation is 1. The maximum Gasteiger partial charge on any atom is 0.258 e. The fourth-order valence-corrected chi connectivity index (χ4v) is 4.30. The van der Waals surface area contributed by atoms with E-state index >= 15 is 0 Å². The molecule has 7 nitrogen and oxygen atoms in total. The number of pyridine rings is 1. The number of nitrogens with zero attached hydrogens (tertiary/aromatic N) is 3. The highest BCUT2D eigenvalue weighted by atomic mass is 35.5. The number of morpholine rings is 1. The summed E-state index contributed by atoms with van der Waals surface area (Å²) in [7, 11) is 0. The van der Waals surface area contributed by atoms with E-state index in [1.807, 2.05) is 19.1 Å². The van der Waals surface area contributed by atoms with E-state index in [0.29, 0.717) is 41.7 Å². The summed E-state index contributed by atoms with van der Waals surface area (Å²) in [6.07, 6.45) is 0. The van der Waals surface area contributed by atoms with Gasteiger partial charge in [-0.15, -0.1) is 0 Å². The third kappa shape index (κ3) is 3.70. The summed E-state index contributed by atoms with van der Waals surface area (Å²) in [4.78, 5) is 15.9. The van der Waals surface area contributed by atoms with Crippen molar-refractivity contribution in [1.29, 1.82) is 5.26 Å². The zero-order valence-electron chi connectivity index (χ0n) is 16.7. The van der Waals surface area contributed by atoms with Gasteiger partial charge in [-0.2, -0.15) is 5.26 Å². The Kier molecular flexibility index (Phi) is 5.82. The molecule has 0 aliphatic carbocycles. The zero-order chi connectivity index (χ0) is 21.3. The lowest BCUT2D eigenvalue weighted by molar-refractivity contribution is 0.0362. The molecule has 1 fully saturated rings. The van der Waals surface area contributed by atoms with E-state index in [-0.39, 0.29) is 17.0 Å². The topological polar surface area (TPSA) is 93.5 Å². The van der Waals surface area contributed by atoms with Crippen molar-refractivity contribution in [3.8, 4) is 11.8 Å². The van der Waals surface area contributed by atoms with E-state index in [2.05, 4.69) is 11.0 Å². The van der Waals surface area contributed by atoms with Crippen LogP contribution in [-0.4, -0.2) is 42.3 Å². The SMILES string of the molecule is Cc1cc2c(c(=O)n1CCN1CCOCC1)C(c1ccccc1Cl)C(C#N)=C(N)O2. The second-order valence-corrected chi connectivity index (χ2v) is 7.83. The Hall–Kier alpha value is -2.79. The molecule has 2 aromatic rings. The average molecular weight is 427 g/mol. The second kappa shape index (κ2) is 8.52. The van der Waals surface area contributed by atoms with Crippen LogP contribution in [0.4, 0.5) is 0 Å². The van der Waals surface area contributed by atoms with Crippen LogP contribution in [0.3, 0.4) is 0 Å². The van der Waals surface area contributed by atoms with Crippen LogP contribution in [0, 0.1) is 18.3 Å². The normalized spacial score (nSPS) is 19.2. The number of hydrogen-bond acceptors (Lipinski definition) is 6. The van der Waals surface area contributed by atoms with Crippen LogP contribution in [0.25, 0.3) is 0 Å². The van der Waals surface area contributed by atoms with Gasteiger partial charge in [-0.25, -0.2) is 0 Å². The van der Waals surface area contributed by atoms with Crippen LogP contribution in [0.1, 0.15) is 22.7 Å². The minimum atomic E-state index is -0.671. The lowest BCUT2D eigenvalue weighted by Crippen LogP contribution is -2.40. The highest BCUT2D eigenvalue weighted by molar-refractivity contribution is 6.31. The van der Waals surface area contributed by atoms with Gasteiger partial charge in [0.2, 0.25) is 5.88 Å². The molecule has 1 unspecified atom stereocenters. The highest BCUT2D eigenvalue weighted by Crippen LogP contribution is 2.42. The number of nitrogens with two attached hydrogens (primary N) is 1. The molecule has 156 valence electrons. The summed E-state index contributed by atoms with van der Waals surface area (Å²) >= 11 is 6.44. The van der Waals surface area contributed by atoms with Crippen LogP contribution in [0.2, 0.25) is 5.02 Å². The number of allylic oxidation sites excluding steroid dienone is 1. The number of halogens is 1. The molecule has 3 heterocycles. The maximum atomic E-state index is 13.6. The lowest BCUT2D eigenvalue weighted by atomic mass is 9.84. The summed E-state index contributed by atoms with van der Waals surface area (Å²) in [6.45, 7) is 6.25. The van der Waals surface area contributed by atoms with Gasteiger partial charge in [0.15, 0.2) is 0 Å². The van der Waals surface area contributed by atoms with E-state index in [1.54, 1.807) is 22.8 Å². The smallest absolute Gasteiger partial charge is 0.258 e. The van der Waals surface area contributed by atoms with Crippen molar-refractivity contribution >= 4 is 11.6 Å². The molecule has 2 aliphatic rings. The molecule has 1 aromatic carbocycles. The summed E-state index contributed by atoms with van der Waals surface area (Å²) < 4.78 is 12.8. The Bertz CT molecular complexity index is 1100. The second-order valence-electron chi connectivity index (χ2n) is 7.42. The first kappa shape index (κ1) is 20.5. The minimum absolute atomic E-state index is 0.000198. The van der Waals surface area contributed by atoms with Crippen molar-refractivity contribution in [1.82, 2.24) is 9.47 Å². The summed E-state index contributed by atoms with van der Waals surface area (Å²) in [6, 6.07) is 11.1. The third-order valence-electron chi connectivity index (χ3n) is 5.65. The Morgan fingerprint density at radius 2 is 2.00 bits per heavy atom. The van der Waals surface area contributed by atoms with Gasteiger partial charge in [-0.3, -0.25) is 9.69 Å². The Balaban J connectivity index is 1.80. The lowest BCUT2D eigenvalue weighted by Gasteiger charge is -2.29. The first-order valence-corrected chi connectivity index (χ1v) is 10.3. The zero-order valence-corrected chi connectivity index (χ0v) is 17.5. The Morgan fingerprint density at radius 3 is 2.70 bits per heavy atom. The molecule has 0 saturated carbocycles. The maximum absolute atomic E-state index is 13.6. The molecule has 0 spiro atoms. The number of fused-ring (bicyclic) bond motifs is 1. The number of ether oxygens (including phenoxy) is 2. The molecule has 1 saturated heterocycles.